The number of nitrogens with two attached hydrogens (primary N) is 1. The van der Waals surface area contributed by atoms with E-state index >= 15 is 0 Å². The van der Waals surface area contributed by atoms with E-state index in [-0.39, 0.29) is 11.3 Å². The van der Waals surface area contributed by atoms with Crippen LogP contribution in [0, 0.1) is 0 Å². The molecule has 0 aliphatic carbocycles. The Balaban J connectivity index is 1.39. The molecule has 0 atom stereocenters. The van der Waals surface area contributed by atoms with Crippen molar-refractivity contribution in [2.45, 2.75) is 31.7 Å². The van der Waals surface area contributed by atoms with Gasteiger partial charge in [0.05, 0.1) is 13.2 Å². The Labute approximate surface area is 189 Å². The quantitative estimate of drug-likeness (QED) is 0.506. The molecule has 6 nitrogen and oxygen atoms in total. The largest absolute Gasteiger partial charge is 0.492 e. The SMILES string of the molecule is C=C(C(=O)N1CCC2(CC1)COc1ccc(CN)cc12)c1cccc(OCCOCC)c1. The van der Waals surface area contributed by atoms with E-state index in [4.69, 9.17) is 19.9 Å². The van der Waals surface area contributed by atoms with Gasteiger partial charge in [0.15, 0.2) is 0 Å². The van der Waals surface area contributed by atoms with E-state index in [1.165, 1.54) is 5.56 Å². The van der Waals surface area contributed by atoms with Crippen LogP contribution in [0.15, 0.2) is 49.0 Å². The Morgan fingerprint density at radius 1 is 1.19 bits per heavy atom. The molecule has 1 fully saturated rings. The summed E-state index contributed by atoms with van der Waals surface area (Å²) in [5.74, 6) is 1.64. The van der Waals surface area contributed by atoms with Crippen LogP contribution in [0.4, 0.5) is 0 Å². The second kappa shape index (κ2) is 9.76. The third-order valence-corrected chi connectivity index (χ3v) is 6.50. The van der Waals surface area contributed by atoms with Crippen LogP contribution in [-0.4, -0.2) is 50.3 Å². The van der Waals surface area contributed by atoms with Crippen molar-refractivity contribution >= 4 is 11.5 Å². The van der Waals surface area contributed by atoms with Gasteiger partial charge in [0.1, 0.15) is 18.1 Å². The van der Waals surface area contributed by atoms with E-state index in [1.54, 1.807) is 0 Å². The molecule has 1 spiro atoms. The molecule has 0 aromatic heterocycles. The van der Waals surface area contributed by atoms with Gasteiger partial charge in [0, 0.05) is 42.8 Å². The number of hydrogen-bond donors (Lipinski definition) is 1. The van der Waals surface area contributed by atoms with E-state index < -0.39 is 0 Å². The summed E-state index contributed by atoms with van der Waals surface area (Å²) in [6, 6.07) is 13.8. The number of amides is 1. The monoisotopic (exact) mass is 436 g/mol. The minimum Gasteiger partial charge on any atom is -0.492 e. The van der Waals surface area contributed by atoms with E-state index in [9.17, 15) is 4.79 Å². The van der Waals surface area contributed by atoms with Crippen LogP contribution in [0.3, 0.4) is 0 Å². The van der Waals surface area contributed by atoms with Gasteiger partial charge in [-0.05, 0) is 49.1 Å². The van der Waals surface area contributed by atoms with Crippen LogP contribution >= 0.6 is 0 Å². The predicted molar refractivity (Wildman–Crippen MR) is 125 cm³/mol. The number of fused-ring (bicyclic) bond motifs is 2. The zero-order valence-electron chi connectivity index (χ0n) is 18.8. The molecule has 2 N–H and O–H groups in total. The van der Waals surface area contributed by atoms with Crippen LogP contribution in [-0.2, 0) is 21.5 Å². The van der Waals surface area contributed by atoms with E-state index in [2.05, 4.69) is 12.6 Å². The van der Waals surface area contributed by atoms with Gasteiger partial charge in [0.2, 0.25) is 0 Å². The molecule has 0 unspecified atom stereocenters. The maximum absolute atomic E-state index is 13.2. The van der Waals surface area contributed by atoms with Crippen LogP contribution in [0.25, 0.3) is 5.57 Å². The second-order valence-electron chi connectivity index (χ2n) is 8.45. The number of benzene rings is 2. The fourth-order valence-corrected chi connectivity index (χ4v) is 4.54. The molecule has 2 aromatic carbocycles. The Hall–Kier alpha value is -2.83. The van der Waals surface area contributed by atoms with Crippen molar-refractivity contribution in [2.24, 2.45) is 5.73 Å². The van der Waals surface area contributed by atoms with Crippen molar-refractivity contribution in [3.8, 4) is 11.5 Å². The lowest BCUT2D eigenvalue weighted by atomic mass is 9.74. The van der Waals surface area contributed by atoms with Gasteiger partial charge < -0.3 is 24.8 Å². The van der Waals surface area contributed by atoms with Crippen molar-refractivity contribution in [1.29, 1.82) is 0 Å². The summed E-state index contributed by atoms with van der Waals surface area (Å²) in [5.41, 5.74) is 9.44. The molecular weight excluding hydrogens is 404 g/mol. The molecule has 6 heteroatoms. The molecule has 1 amide bonds. The maximum Gasteiger partial charge on any atom is 0.253 e. The number of carbonyl (C=O) groups is 1. The Bertz CT molecular complexity index is 980. The molecule has 0 bridgehead atoms. The zero-order chi connectivity index (χ0) is 22.6. The average molecular weight is 437 g/mol. The highest BCUT2D eigenvalue weighted by Gasteiger charge is 2.44. The summed E-state index contributed by atoms with van der Waals surface area (Å²) in [7, 11) is 0. The highest BCUT2D eigenvalue weighted by atomic mass is 16.5. The summed E-state index contributed by atoms with van der Waals surface area (Å²) >= 11 is 0. The first-order chi connectivity index (χ1) is 15.6. The number of likely N-dealkylation sites (tertiary alicyclic amines) is 1. The summed E-state index contributed by atoms with van der Waals surface area (Å²) in [6.45, 7) is 10.3. The first kappa shape index (κ1) is 22.4. The molecule has 0 saturated carbocycles. The standard InChI is InChI=1S/C26H32N2O4/c1-3-30-13-14-31-22-6-4-5-21(16-22)19(2)25(29)28-11-9-26(10-12-28)18-32-24-8-7-20(17-27)15-23(24)26/h4-8,15-16H,2-3,9-14,17-18,27H2,1H3. The molecule has 170 valence electrons. The van der Waals surface area contributed by atoms with Gasteiger partial charge in [-0.15, -0.1) is 0 Å². The summed E-state index contributed by atoms with van der Waals surface area (Å²) in [5, 5.41) is 0. The minimum atomic E-state index is -0.0348. The van der Waals surface area contributed by atoms with Gasteiger partial charge in [-0.2, -0.15) is 0 Å². The lowest BCUT2D eigenvalue weighted by molar-refractivity contribution is -0.126. The fraction of sp³-hybridized carbons (Fsp3) is 0.423. The number of piperidine rings is 1. The molecule has 2 aliphatic heterocycles. The minimum absolute atomic E-state index is 0.0267. The van der Waals surface area contributed by atoms with Crippen LogP contribution in [0.2, 0.25) is 0 Å². The first-order valence-corrected chi connectivity index (χ1v) is 11.3. The lowest BCUT2D eigenvalue weighted by Gasteiger charge is -2.39. The molecule has 1 saturated heterocycles. The van der Waals surface area contributed by atoms with Gasteiger partial charge in [-0.3, -0.25) is 4.79 Å². The molecule has 32 heavy (non-hydrogen) atoms. The Morgan fingerprint density at radius 2 is 2.00 bits per heavy atom. The summed E-state index contributed by atoms with van der Waals surface area (Å²) < 4.78 is 17.0. The molecule has 4 rings (SSSR count). The number of nitrogens with zero attached hydrogens (tertiary/aromatic N) is 1. The van der Waals surface area contributed by atoms with E-state index in [0.717, 1.165) is 29.7 Å². The number of carbonyl (C=O) groups excluding carboxylic acids is 1. The zero-order valence-corrected chi connectivity index (χ0v) is 18.8. The molecule has 2 heterocycles. The van der Waals surface area contributed by atoms with Crippen LogP contribution in [0.5, 0.6) is 11.5 Å². The molecule has 2 aromatic rings. The first-order valence-electron chi connectivity index (χ1n) is 11.3. The van der Waals surface area contributed by atoms with Gasteiger partial charge in [-0.25, -0.2) is 0 Å². The third kappa shape index (κ3) is 4.52. The van der Waals surface area contributed by atoms with Gasteiger partial charge in [-0.1, -0.05) is 30.8 Å². The van der Waals surface area contributed by atoms with Gasteiger partial charge >= 0.3 is 0 Å². The Morgan fingerprint density at radius 3 is 2.75 bits per heavy atom. The molecule has 2 aliphatic rings. The summed E-state index contributed by atoms with van der Waals surface area (Å²) in [6.07, 6.45) is 1.74. The number of rotatable bonds is 8. The summed E-state index contributed by atoms with van der Waals surface area (Å²) in [4.78, 5) is 15.1. The van der Waals surface area contributed by atoms with Crippen LogP contribution < -0.4 is 15.2 Å². The topological polar surface area (TPSA) is 74.0 Å². The van der Waals surface area contributed by atoms with E-state index in [1.807, 2.05) is 48.2 Å². The maximum atomic E-state index is 13.2. The third-order valence-electron chi connectivity index (χ3n) is 6.50. The highest BCUT2D eigenvalue weighted by molar-refractivity contribution is 6.18. The fourth-order valence-electron chi connectivity index (χ4n) is 4.54. The smallest absolute Gasteiger partial charge is 0.253 e. The van der Waals surface area contributed by atoms with Crippen molar-refractivity contribution in [3.63, 3.8) is 0 Å². The van der Waals surface area contributed by atoms with Crippen molar-refractivity contribution < 1.29 is 19.0 Å². The number of ether oxygens (including phenoxy) is 3. The highest BCUT2D eigenvalue weighted by Crippen LogP contribution is 2.46. The predicted octanol–water partition coefficient (Wildman–Crippen LogP) is 3.53. The van der Waals surface area contributed by atoms with Crippen molar-refractivity contribution in [3.05, 3.63) is 65.7 Å². The molecule has 0 radical (unpaired) electrons. The number of hydrogen-bond acceptors (Lipinski definition) is 5. The van der Waals surface area contributed by atoms with Gasteiger partial charge in [0.25, 0.3) is 5.91 Å². The van der Waals surface area contributed by atoms with E-state index in [0.29, 0.717) is 57.4 Å². The normalized spacial score (nSPS) is 16.5. The molecular formula is C26H32N2O4. The lowest BCUT2D eigenvalue weighted by Crippen LogP contribution is -2.46. The van der Waals surface area contributed by atoms with Crippen molar-refractivity contribution in [2.75, 3.05) is 39.5 Å². The van der Waals surface area contributed by atoms with Crippen molar-refractivity contribution in [1.82, 2.24) is 4.90 Å². The Kier molecular flexibility index (Phi) is 6.82. The average Bonchev–Trinajstić information content (AvgIpc) is 3.18. The van der Waals surface area contributed by atoms with Crippen LogP contribution in [0.1, 0.15) is 36.5 Å². The second-order valence-corrected chi connectivity index (χ2v) is 8.45.